The van der Waals surface area contributed by atoms with Gasteiger partial charge in [0.05, 0.1) is 0 Å². The van der Waals surface area contributed by atoms with Crippen LogP contribution in [0.2, 0.25) is 0 Å². The maximum absolute atomic E-state index is 12.7. The summed E-state index contributed by atoms with van der Waals surface area (Å²) in [5, 5.41) is 16.0. The average molecular weight is 214 g/mol. The topological polar surface area (TPSA) is 93.1 Å². The van der Waals surface area contributed by atoms with Crippen LogP contribution in [0.25, 0.3) is 0 Å². The maximum atomic E-state index is 12.7. The lowest BCUT2D eigenvalue weighted by molar-refractivity contribution is -0.264. The Balaban J connectivity index is 4.47. The first-order chi connectivity index (χ1) is 6.29. The van der Waals surface area contributed by atoms with Crippen molar-refractivity contribution in [1.29, 1.82) is 0 Å². The lowest BCUT2D eigenvalue weighted by Gasteiger charge is -2.22. The molecule has 0 aromatic heterocycles. The van der Waals surface area contributed by atoms with Crippen LogP contribution in [0.3, 0.4) is 0 Å². The molecule has 1 unspecified atom stereocenters. The monoisotopic (exact) mass is 214 g/mol. The fourth-order valence-corrected chi connectivity index (χ4v) is 0.693. The highest BCUT2D eigenvalue weighted by molar-refractivity contribution is 5.58. The number of halogens is 2. The summed E-state index contributed by atoms with van der Waals surface area (Å²) in [5.41, 5.74) is 0. The van der Waals surface area contributed by atoms with Gasteiger partial charge in [0, 0.05) is 0 Å². The Bertz CT molecular complexity index is 228. The van der Waals surface area contributed by atoms with E-state index in [4.69, 9.17) is 10.2 Å². The summed E-state index contributed by atoms with van der Waals surface area (Å²) in [5.74, 6) is 0. The van der Waals surface area contributed by atoms with E-state index in [2.05, 4.69) is 9.47 Å². The second-order valence-corrected chi connectivity index (χ2v) is 2.21. The van der Waals surface area contributed by atoms with Crippen LogP contribution < -0.4 is 0 Å². The van der Waals surface area contributed by atoms with Crippen molar-refractivity contribution in [2.45, 2.75) is 25.6 Å². The van der Waals surface area contributed by atoms with Gasteiger partial charge in [-0.2, -0.15) is 8.78 Å². The smallest absolute Gasteiger partial charge is 0.450 e. The van der Waals surface area contributed by atoms with Crippen molar-refractivity contribution in [3.05, 3.63) is 0 Å². The lowest BCUT2D eigenvalue weighted by Crippen LogP contribution is -2.40. The van der Waals surface area contributed by atoms with Crippen LogP contribution >= 0.6 is 0 Å². The van der Waals surface area contributed by atoms with E-state index in [9.17, 15) is 18.4 Å². The standard InChI is InChI=1S/C6H8F2O6/c1-2-3(13-4(9)10)6(7,8)14-5(11)12/h3H,2H2,1H3,(H,9,10)(H,11,12). The van der Waals surface area contributed by atoms with Crippen LogP contribution in [0.15, 0.2) is 0 Å². The molecule has 0 aliphatic heterocycles. The molecule has 0 aromatic rings. The number of carbonyl (C=O) groups is 2. The molecule has 0 amide bonds. The molecule has 14 heavy (non-hydrogen) atoms. The average Bonchev–Trinajstić information content (AvgIpc) is 1.96. The SMILES string of the molecule is CCC(OC(=O)O)C(F)(F)OC(=O)O. The van der Waals surface area contributed by atoms with Gasteiger partial charge in [-0.25, -0.2) is 9.59 Å². The third-order valence-electron chi connectivity index (χ3n) is 1.21. The van der Waals surface area contributed by atoms with Crippen LogP contribution in [0, 0.1) is 0 Å². The lowest BCUT2D eigenvalue weighted by atomic mass is 10.2. The fourth-order valence-electron chi connectivity index (χ4n) is 0.693. The number of rotatable bonds is 4. The predicted molar refractivity (Wildman–Crippen MR) is 37.2 cm³/mol. The van der Waals surface area contributed by atoms with E-state index in [1.54, 1.807) is 0 Å². The quantitative estimate of drug-likeness (QED) is 0.692. The van der Waals surface area contributed by atoms with Gasteiger partial charge in [0.25, 0.3) is 0 Å². The molecule has 0 aliphatic rings. The molecule has 0 aromatic carbocycles. The van der Waals surface area contributed by atoms with E-state index < -0.39 is 30.9 Å². The summed E-state index contributed by atoms with van der Waals surface area (Å²) in [6.45, 7) is 1.20. The summed E-state index contributed by atoms with van der Waals surface area (Å²) >= 11 is 0. The van der Waals surface area contributed by atoms with Gasteiger partial charge in [0.15, 0.2) is 0 Å². The summed E-state index contributed by atoms with van der Waals surface area (Å²) in [7, 11) is 0. The van der Waals surface area contributed by atoms with Crippen molar-refractivity contribution in [2.24, 2.45) is 0 Å². The number of hydrogen-bond donors (Lipinski definition) is 2. The number of alkyl halides is 2. The van der Waals surface area contributed by atoms with Crippen LogP contribution in [0.5, 0.6) is 0 Å². The van der Waals surface area contributed by atoms with Crippen molar-refractivity contribution < 1.29 is 38.1 Å². The van der Waals surface area contributed by atoms with Crippen LogP contribution in [-0.2, 0) is 9.47 Å². The van der Waals surface area contributed by atoms with Crippen molar-refractivity contribution in [3.8, 4) is 0 Å². The zero-order valence-electron chi connectivity index (χ0n) is 7.07. The summed E-state index contributed by atoms with van der Waals surface area (Å²) in [4.78, 5) is 19.8. The largest absolute Gasteiger partial charge is 0.510 e. The number of hydrogen-bond acceptors (Lipinski definition) is 4. The molecule has 0 radical (unpaired) electrons. The fraction of sp³-hybridized carbons (Fsp3) is 0.667. The Morgan fingerprint density at radius 1 is 1.36 bits per heavy atom. The minimum atomic E-state index is -4.18. The van der Waals surface area contributed by atoms with Crippen LogP contribution in [0.1, 0.15) is 13.3 Å². The Kier molecular flexibility index (Phi) is 4.06. The molecule has 82 valence electrons. The first-order valence-electron chi connectivity index (χ1n) is 3.49. The minimum absolute atomic E-state index is 0.410. The van der Waals surface area contributed by atoms with Crippen molar-refractivity contribution in [2.75, 3.05) is 0 Å². The highest BCUT2D eigenvalue weighted by atomic mass is 19.3. The molecule has 1 atom stereocenters. The zero-order chi connectivity index (χ0) is 11.4. The molecule has 0 saturated heterocycles. The molecule has 2 N–H and O–H groups in total. The van der Waals surface area contributed by atoms with E-state index in [-0.39, 0.29) is 0 Å². The Morgan fingerprint density at radius 2 is 1.86 bits per heavy atom. The number of carboxylic acid groups (broad SMARTS) is 2. The molecule has 0 saturated carbocycles. The Hall–Kier alpha value is -1.60. The highest BCUT2D eigenvalue weighted by Gasteiger charge is 2.46. The molecule has 6 nitrogen and oxygen atoms in total. The van der Waals surface area contributed by atoms with E-state index in [0.717, 1.165) is 0 Å². The van der Waals surface area contributed by atoms with Gasteiger partial charge in [0.2, 0.25) is 6.10 Å². The Morgan fingerprint density at radius 3 is 2.14 bits per heavy atom. The van der Waals surface area contributed by atoms with E-state index in [1.165, 1.54) is 6.92 Å². The molecule has 0 bridgehead atoms. The second-order valence-electron chi connectivity index (χ2n) is 2.21. The number of ether oxygens (including phenoxy) is 2. The molecular formula is C6H8F2O6. The van der Waals surface area contributed by atoms with Crippen molar-refractivity contribution in [1.82, 2.24) is 0 Å². The van der Waals surface area contributed by atoms with Gasteiger partial charge in [-0.15, -0.1) is 0 Å². The first-order valence-corrected chi connectivity index (χ1v) is 3.49. The van der Waals surface area contributed by atoms with Crippen molar-refractivity contribution in [3.63, 3.8) is 0 Å². The summed E-state index contributed by atoms with van der Waals surface area (Å²) in [6, 6.07) is 0. The van der Waals surface area contributed by atoms with Gasteiger partial charge >= 0.3 is 18.4 Å². The first kappa shape index (κ1) is 12.4. The minimum Gasteiger partial charge on any atom is -0.450 e. The molecule has 0 rings (SSSR count). The van der Waals surface area contributed by atoms with Gasteiger partial charge in [0.1, 0.15) is 0 Å². The van der Waals surface area contributed by atoms with Gasteiger partial charge in [-0.1, -0.05) is 6.92 Å². The van der Waals surface area contributed by atoms with E-state index in [0.29, 0.717) is 0 Å². The van der Waals surface area contributed by atoms with Gasteiger partial charge < -0.3 is 19.7 Å². The predicted octanol–water partition coefficient (Wildman–Crippen LogP) is 1.75. The Labute approximate surface area is 77.0 Å². The molecule has 0 aliphatic carbocycles. The molecular weight excluding hydrogens is 206 g/mol. The van der Waals surface area contributed by atoms with E-state index in [1.807, 2.05) is 0 Å². The molecule has 0 fully saturated rings. The normalized spacial score (nSPS) is 13.1. The van der Waals surface area contributed by atoms with E-state index >= 15 is 0 Å². The second kappa shape index (κ2) is 4.58. The third kappa shape index (κ3) is 3.87. The van der Waals surface area contributed by atoms with Crippen molar-refractivity contribution >= 4 is 12.3 Å². The maximum Gasteiger partial charge on any atom is 0.510 e. The zero-order valence-corrected chi connectivity index (χ0v) is 7.07. The third-order valence-corrected chi connectivity index (χ3v) is 1.21. The van der Waals surface area contributed by atoms with Gasteiger partial charge in [-0.05, 0) is 6.42 Å². The summed E-state index contributed by atoms with van der Waals surface area (Å²) < 4.78 is 32.3. The molecule has 8 heteroatoms. The summed E-state index contributed by atoms with van der Waals surface area (Å²) in [6.07, 6.45) is -10.9. The molecule has 0 spiro atoms. The highest BCUT2D eigenvalue weighted by Crippen LogP contribution is 2.25. The van der Waals surface area contributed by atoms with Crippen LogP contribution in [-0.4, -0.2) is 34.7 Å². The van der Waals surface area contributed by atoms with Crippen LogP contribution in [0.4, 0.5) is 18.4 Å². The molecule has 0 heterocycles. The van der Waals surface area contributed by atoms with Gasteiger partial charge in [-0.3, -0.25) is 0 Å².